The number of thiocarbonyl (C=S) groups is 1. The second-order valence-electron chi connectivity index (χ2n) is 7.44. The van der Waals surface area contributed by atoms with Gasteiger partial charge < -0.3 is 24.7 Å². The van der Waals surface area contributed by atoms with Crippen molar-refractivity contribution < 1.29 is 23.7 Å². The first kappa shape index (κ1) is 23.0. The molecule has 0 fully saturated rings. The van der Waals surface area contributed by atoms with Gasteiger partial charge in [0, 0.05) is 16.7 Å². The van der Waals surface area contributed by atoms with Gasteiger partial charge in [0.05, 0.1) is 26.9 Å². The van der Waals surface area contributed by atoms with Crippen LogP contribution in [-0.4, -0.2) is 37.2 Å². The van der Waals surface area contributed by atoms with Crippen LogP contribution in [-0.2, 0) is 11.3 Å². The molecule has 3 rings (SSSR count). The normalized spacial score (nSPS) is 15.3. The summed E-state index contributed by atoms with van der Waals surface area (Å²) in [5.41, 5.74) is 7.87. The van der Waals surface area contributed by atoms with E-state index in [1.54, 1.807) is 26.2 Å². The van der Waals surface area contributed by atoms with E-state index in [2.05, 4.69) is 0 Å². The molecule has 1 aliphatic heterocycles. The molecule has 1 aliphatic rings. The summed E-state index contributed by atoms with van der Waals surface area (Å²) < 4.78 is 22.8. The van der Waals surface area contributed by atoms with E-state index in [0.717, 1.165) is 42.6 Å². The minimum absolute atomic E-state index is 0.0193. The third-order valence-corrected chi connectivity index (χ3v) is 5.48. The molecule has 0 radical (unpaired) electrons. The van der Waals surface area contributed by atoms with Crippen molar-refractivity contribution in [3.8, 4) is 17.2 Å². The molecule has 2 N–H and O–H groups in total. The van der Waals surface area contributed by atoms with Gasteiger partial charge in [-0.2, -0.15) is 0 Å². The van der Waals surface area contributed by atoms with Gasteiger partial charge in [0.2, 0.25) is 0 Å². The molecular weight excluding hydrogens is 414 g/mol. The van der Waals surface area contributed by atoms with Crippen molar-refractivity contribution >= 4 is 23.0 Å². The van der Waals surface area contributed by atoms with E-state index < -0.39 is 6.10 Å². The maximum atomic E-state index is 12.3. The minimum Gasteiger partial charge on any atom is -0.494 e. The van der Waals surface area contributed by atoms with Crippen molar-refractivity contribution in [2.75, 3.05) is 20.3 Å². The summed E-state index contributed by atoms with van der Waals surface area (Å²) in [6, 6.07) is 11.1. The number of methoxy groups -OCH3 is 1. The van der Waals surface area contributed by atoms with E-state index in [9.17, 15) is 4.79 Å². The van der Waals surface area contributed by atoms with Crippen LogP contribution in [0, 0.1) is 0 Å². The van der Waals surface area contributed by atoms with Gasteiger partial charge >= 0.3 is 0 Å². The van der Waals surface area contributed by atoms with Gasteiger partial charge in [0.15, 0.2) is 17.3 Å². The molecule has 2 aromatic carbocycles. The van der Waals surface area contributed by atoms with Gasteiger partial charge in [-0.25, -0.2) is 0 Å². The maximum absolute atomic E-state index is 12.3. The number of carbonyl (C=O) groups excluding carboxylic acids is 1. The van der Waals surface area contributed by atoms with Crippen LogP contribution in [0.25, 0.3) is 0 Å². The van der Waals surface area contributed by atoms with Crippen LogP contribution in [0.1, 0.15) is 54.1 Å². The molecule has 0 saturated heterocycles. The van der Waals surface area contributed by atoms with Crippen molar-refractivity contribution in [2.45, 2.75) is 45.3 Å². The van der Waals surface area contributed by atoms with Crippen LogP contribution in [0.3, 0.4) is 0 Å². The molecule has 0 saturated carbocycles. The molecule has 6 nitrogen and oxygen atoms in total. The lowest BCUT2D eigenvalue weighted by Crippen LogP contribution is -2.27. The number of rotatable bonds is 11. The highest BCUT2D eigenvalue weighted by molar-refractivity contribution is 7.80. The average Bonchev–Trinajstić information content (AvgIpc) is 2.78. The van der Waals surface area contributed by atoms with Gasteiger partial charge in [-0.05, 0) is 69.0 Å². The monoisotopic (exact) mass is 443 g/mol. The molecule has 1 atom stereocenters. The molecule has 1 unspecified atom stereocenters. The first-order chi connectivity index (χ1) is 15.0. The molecule has 31 heavy (non-hydrogen) atoms. The summed E-state index contributed by atoms with van der Waals surface area (Å²) >= 11 is 4.95. The van der Waals surface area contributed by atoms with Crippen LogP contribution in [0.4, 0.5) is 0 Å². The zero-order chi connectivity index (χ0) is 22.2. The van der Waals surface area contributed by atoms with Crippen LogP contribution in [0.15, 0.2) is 36.4 Å². The highest BCUT2D eigenvalue weighted by atomic mass is 32.1. The number of hydrogen-bond donors (Lipinski definition) is 1. The number of nitrogens with two attached hydrogens (primary N) is 1. The standard InChI is InChI=1S/C24H29NO5S/c1-16-22(26)19-11-12-21(27-2)23(20(19)15-30-16)29-14-6-4-3-5-13-28-18-9-7-17(8-10-18)24(25)31/h7-12,16H,3-6,13-15H2,1-2H3,(H2,25,31). The fourth-order valence-electron chi connectivity index (χ4n) is 3.44. The Morgan fingerprint density at radius 1 is 1.06 bits per heavy atom. The fourth-order valence-corrected chi connectivity index (χ4v) is 3.58. The molecule has 0 aliphatic carbocycles. The van der Waals surface area contributed by atoms with Crippen LogP contribution in [0.5, 0.6) is 17.2 Å². The average molecular weight is 444 g/mol. The lowest BCUT2D eigenvalue weighted by molar-refractivity contribution is 0.0324. The maximum Gasteiger partial charge on any atom is 0.191 e. The largest absolute Gasteiger partial charge is 0.494 e. The molecule has 166 valence electrons. The lowest BCUT2D eigenvalue weighted by atomic mass is 9.97. The van der Waals surface area contributed by atoms with Gasteiger partial charge in [-0.3, -0.25) is 4.79 Å². The molecule has 0 bridgehead atoms. The highest BCUT2D eigenvalue weighted by Gasteiger charge is 2.28. The molecule has 7 heteroatoms. The van der Waals surface area contributed by atoms with Crippen LogP contribution in [0.2, 0.25) is 0 Å². The summed E-state index contributed by atoms with van der Waals surface area (Å²) in [7, 11) is 1.60. The number of unbranched alkanes of at least 4 members (excludes halogenated alkanes) is 3. The zero-order valence-electron chi connectivity index (χ0n) is 18.0. The first-order valence-corrected chi connectivity index (χ1v) is 10.9. The summed E-state index contributed by atoms with van der Waals surface area (Å²) in [4.78, 5) is 12.7. The number of hydrogen-bond acceptors (Lipinski definition) is 6. The number of ether oxygens (including phenoxy) is 4. The van der Waals surface area contributed by atoms with Crippen molar-refractivity contribution in [1.29, 1.82) is 0 Å². The summed E-state index contributed by atoms with van der Waals surface area (Å²) in [6.07, 6.45) is 3.50. The second kappa shape index (κ2) is 11.1. The highest BCUT2D eigenvalue weighted by Crippen LogP contribution is 2.37. The van der Waals surface area contributed by atoms with Crippen molar-refractivity contribution in [2.24, 2.45) is 5.73 Å². The van der Waals surface area contributed by atoms with E-state index >= 15 is 0 Å². The van der Waals surface area contributed by atoms with E-state index in [1.165, 1.54) is 0 Å². The third-order valence-electron chi connectivity index (χ3n) is 5.25. The second-order valence-corrected chi connectivity index (χ2v) is 7.88. The van der Waals surface area contributed by atoms with Gasteiger partial charge in [0.1, 0.15) is 16.8 Å². The molecular formula is C24H29NO5S. The molecule has 0 aromatic heterocycles. The number of Topliss-reactive ketones (excluding diaryl/α,β-unsaturated/α-hetero) is 1. The summed E-state index contributed by atoms with van der Waals surface area (Å²) in [6.45, 7) is 3.33. The molecule has 0 spiro atoms. The van der Waals surface area contributed by atoms with Crippen molar-refractivity contribution in [3.05, 3.63) is 53.1 Å². The number of fused-ring (bicyclic) bond motifs is 1. The van der Waals surface area contributed by atoms with Crippen LogP contribution >= 0.6 is 12.2 Å². The van der Waals surface area contributed by atoms with E-state index in [4.69, 9.17) is 36.9 Å². The SMILES string of the molecule is COc1ccc2c(c1OCCCCCCOc1ccc(C(N)=S)cc1)COC(C)C2=O. The summed E-state index contributed by atoms with van der Waals surface area (Å²) in [5.74, 6) is 2.04. The van der Waals surface area contributed by atoms with Crippen LogP contribution < -0.4 is 19.9 Å². The topological polar surface area (TPSA) is 80.0 Å². The number of carbonyl (C=O) groups is 1. The zero-order valence-corrected chi connectivity index (χ0v) is 18.8. The Kier molecular flexibility index (Phi) is 8.26. The predicted molar refractivity (Wildman–Crippen MR) is 123 cm³/mol. The molecule has 1 heterocycles. The number of ketones is 1. The van der Waals surface area contributed by atoms with Crippen molar-refractivity contribution in [3.63, 3.8) is 0 Å². The van der Waals surface area contributed by atoms with Gasteiger partial charge in [-0.15, -0.1) is 0 Å². The Bertz CT molecular complexity index is 913. The predicted octanol–water partition coefficient (Wildman–Crippen LogP) is 4.45. The Morgan fingerprint density at radius 3 is 2.39 bits per heavy atom. The smallest absolute Gasteiger partial charge is 0.191 e. The molecule has 2 aromatic rings. The Morgan fingerprint density at radius 2 is 1.74 bits per heavy atom. The minimum atomic E-state index is -0.424. The third kappa shape index (κ3) is 5.95. The lowest BCUT2D eigenvalue weighted by Gasteiger charge is -2.24. The van der Waals surface area contributed by atoms with Crippen molar-refractivity contribution in [1.82, 2.24) is 0 Å². The molecule has 0 amide bonds. The van der Waals surface area contributed by atoms with E-state index in [1.807, 2.05) is 24.3 Å². The Balaban J connectivity index is 1.39. The first-order valence-electron chi connectivity index (χ1n) is 10.5. The van der Waals surface area contributed by atoms with Gasteiger partial charge in [0.25, 0.3) is 0 Å². The number of benzene rings is 2. The Labute approximate surface area is 188 Å². The van der Waals surface area contributed by atoms with E-state index in [-0.39, 0.29) is 5.78 Å². The van der Waals surface area contributed by atoms with Gasteiger partial charge in [-0.1, -0.05) is 12.2 Å². The van der Waals surface area contributed by atoms with E-state index in [0.29, 0.717) is 41.9 Å². The Hall–Kier alpha value is -2.64. The quantitative estimate of drug-likeness (QED) is 0.406. The fraction of sp³-hybridized carbons (Fsp3) is 0.417. The summed E-state index contributed by atoms with van der Waals surface area (Å²) in [5, 5.41) is 0.